The first-order chi connectivity index (χ1) is 6.02. The number of rotatable bonds is 2. The van der Waals surface area contributed by atoms with Crippen molar-refractivity contribution in [2.45, 2.75) is 12.5 Å². The van der Waals surface area contributed by atoms with E-state index < -0.39 is 18.2 Å². The van der Waals surface area contributed by atoms with Gasteiger partial charge in [-0.25, -0.2) is 8.78 Å². The SMILES string of the molecule is NC(c1ccc(O)cc1O)C(F)F. The summed E-state index contributed by atoms with van der Waals surface area (Å²) < 4.78 is 24.2. The molecule has 1 rings (SSSR count). The molecule has 1 aromatic carbocycles. The van der Waals surface area contributed by atoms with Crippen LogP contribution in [-0.2, 0) is 0 Å². The van der Waals surface area contributed by atoms with E-state index in [1.165, 1.54) is 12.1 Å². The molecule has 0 spiro atoms. The number of aromatic hydroxyl groups is 2. The molecule has 0 radical (unpaired) electrons. The molecule has 1 unspecified atom stereocenters. The first-order valence-corrected chi connectivity index (χ1v) is 3.58. The summed E-state index contributed by atoms with van der Waals surface area (Å²) in [6.45, 7) is 0. The quantitative estimate of drug-likeness (QED) is 0.658. The standard InChI is InChI=1S/C8H9F2NO2/c9-8(10)7(11)5-2-1-4(12)3-6(5)13/h1-3,7-8,12-13H,11H2. The van der Waals surface area contributed by atoms with Gasteiger partial charge in [-0.3, -0.25) is 0 Å². The Morgan fingerprint density at radius 1 is 1.23 bits per heavy atom. The zero-order valence-corrected chi connectivity index (χ0v) is 6.61. The van der Waals surface area contributed by atoms with Crippen LogP contribution in [0.2, 0.25) is 0 Å². The number of halogens is 2. The van der Waals surface area contributed by atoms with E-state index >= 15 is 0 Å². The molecule has 0 amide bonds. The molecule has 1 aromatic rings. The zero-order chi connectivity index (χ0) is 10.0. The molecule has 72 valence electrons. The Morgan fingerprint density at radius 2 is 1.85 bits per heavy atom. The normalized spacial score (nSPS) is 13.2. The Bertz CT molecular complexity index is 304. The Morgan fingerprint density at radius 3 is 2.31 bits per heavy atom. The van der Waals surface area contributed by atoms with Crippen molar-refractivity contribution in [3.05, 3.63) is 23.8 Å². The number of hydrogen-bond acceptors (Lipinski definition) is 3. The first kappa shape index (κ1) is 9.73. The van der Waals surface area contributed by atoms with E-state index in [1.54, 1.807) is 0 Å². The van der Waals surface area contributed by atoms with E-state index in [-0.39, 0.29) is 11.3 Å². The number of hydrogen-bond donors (Lipinski definition) is 3. The first-order valence-electron chi connectivity index (χ1n) is 3.58. The lowest BCUT2D eigenvalue weighted by Gasteiger charge is -2.12. The largest absolute Gasteiger partial charge is 0.508 e. The predicted octanol–water partition coefficient (Wildman–Crippen LogP) is 1.36. The van der Waals surface area contributed by atoms with E-state index in [9.17, 15) is 8.78 Å². The van der Waals surface area contributed by atoms with Gasteiger partial charge in [-0.2, -0.15) is 0 Å². The van der Waals surface area contributed by atoms with Crippen molar-refractivity contribution in [1.82, 2.24) is 0 Å². The van der Waals surface area contributed by atoms with Gasteiger partial charge in [0.1, 0.15) is 11.5 Å². The Hall–Kier alpha value is -1.36. The topological polar surface area (TPSA) is 66.5 Å². The molecular weight excluding hydrogens is 180 g/mol. The van der Waals surface area contributed by atoms with Crippen molar-refractivity contribution in [2.75, 3.05) is 0 Å². The van der Waals surface area contributed by atoms with Gasteiger partial charge >= 0.3 is 0 Å². The number of benzene rings is 1. The number of phenolic OH excluding ortho intramolecular Hbond substituents is 2. The van der Waals surface area contributed by atoms with Gasteiger partial charge in [0, 0.05) is 11.6 Å². The number of alkyl halides is 2. The molecule has 3 nitrogen and oxygen atoms in total. The Kier molecular flexibility index (Phi) is 2.67. The zero-order valence-electron chi connectivity index (χ0n) is 6.61. The fourth-order valence-electron chi connectivity index (χ4n) is 0.950. The van der Waals surface area contributed by atoms with E-state index in [0.717, 1.165) is 6.07 Å². The number of nitrogens with two attached hydrogens (primary N) is 1. The molecule has 0 aromatic heterocycles. The minimum Gasteiger partial charge on any atom is -0.508 e. The summed E-state index contributed by atoms with van der Waals surface area (Å²) >= 11 is 0. The van der Waals surface area contributed by atoms with Gasteiger partial charge in [-0.1, -0.05) is 0 Å². The summed E-state index contributed by atoms with van der Waals surface area (Å²) in [6, 6.07) is 1.80. The summed E-state index contributed by atoms with van der Waals surface area (Å²) in [7, 11) is 0. The van der Waals surface area contributed by atoms with Crippen molar-refractivity contribution < 1.29 is 19.0 Å². The molecular formula is C8H9F2NO2. The summed E-state index contributed by atoms with van der Waals surface area (Å²) in [5.74, 6) is -0.615. The summed E-state index contributed by atoms with van der Waals surface area (Å²) in [5, 5.41) is 18.0. The third kappa shape index (κ3) is 2.06. The molecule has 0 aliphatic heterocycles. The Balaban J connectivity index is 3.01. The van der Waals surface area contributed by atoms with Crippen LogP contribution < -0.4 is 5.73 Å². The second-order valence-electron chi connectivity index (χ2n) is 2.60. The van der Waals surface area contributed by atoms with E-state index in [4.69, 9.17) is 15.9 Å². The average Bonchev–Trinajstić information content (AvgIpc) is 2.03. The van der Waals surface area contributed by atoms with Gasteiger partial charge in [0.25, 0.3) is 6.43 Å². The lowest BCUT2D eigenvalue weighted by Crippen LogP contribution is -2.18. The number of phenols is 2. The highest BCUT2D eigenvalue weighted by molar-refractivity contribution is 5.40. The fraction of sp³-hybridized carbons (Fsp3) is 0.250. The van der Waals surface area contributed by atoms with Crippen LogP contribution in [-0.4, -0.2) is 16.6 Å². The lowest BCUT2D eigenvalue weighted by atomic mass is 10.1. The minimum absolute atomic E-state index is 0.0761. The molecule has 0 aliphatic rings. The third-order valence-corrected chi connectivity index (χ3v) is 1.64. The van der Waals surface area contributed by atoms with Crippen molar-refractivity contribution >= 4 is 0 Å². The van der Waals surface area contributed by atoms with Crippen molar-refractivity contribution in [2.24, 2.45) is 5.73 Å². The molecule has 4 N–H and O–H groups in total. The third-order valence-electron chi connectivity index (χ3n) is 1.64. The van der Waals surface area contributed by atoms with Crippen molar-refractivity contribution in [3.8, 4) is 11.5 Å². The smallest absolute Gasteiger partial charge is 0.257 e. The minimum atomic E-state index is -2.74. The maximum Gasteiger partial charge on any atom is 0.257 e. The van der Waals surface area contributed by atoms with E-state index in [1.807, 2.05) is 0 Å². The highest BCUT2D eigenvalue weighted by Gasteiger charge is 2.20. The fourth-order valence-corrected chi connectivity index (χ4v) is 0.950. The molecule has 1 atom stereocenters. The molecule has 13 heavy (non-hydrogen) atoms. The van der Waals surface area contributed by atoms with Crippen LogP contribution in [0.15, 0.2) is 18.2 Å². The molecule has 0 fully saturated rings. The second kappa shape index (κ2) is 3.57. The van der Waals surface area contributed by atoms with Crippen LogP contribution in [0.4, 0.5) is 8.78 Å². The maximum atomic E-state index is 12.1. The van der Waals surface area contributed by atoms with Crippen LogP contribution in [0.5, 0.6) is 11.5 Å². The summed E-state index contributed by atoms with van der Waals surface area (Å²) in [6.07, 6.45) is -2.74. The highest BCUT2D eigenvalue weighted by atomic mass is 19.3. The second-order valence-corrected chi connectivity index (χ2v) is 2.60. The lowest BCUT2D eigenvalue weighted by molar-refractivity contribution is 0.115. The van der Waals surface area contributed by atoms with Crippen molar-refractivity contribution in [1.29, 1.82) is 0 Å². The van der Waals surface area contributed by atoms with Gasteiger partial charge < -0.3 is 15.9 Å². The monoisotopic (exact) mass is 189 g/mol. The van der Waals surface area contributed by atoms with Gasteiger partial charge in [0.15, 0.2) is 0 Å². The maximum absolute atomic E-state index is 12.1. The Labute approximate surface area is 73.4 Å². The van der Waals surface area contributed by atoms with E-state index in [2.05, 4.69) is 0 Å². The van der Waals surface area contributed by atoms with E-state index in [0.29, 0.717) is 0 Å². The molecule has 0 bridgehead atoms. The van der Waals surface area contributed by atoms with Crippen LogP contribution in [0.3, 0.4) is 0 Å². The molecule has 0 heterocycles. The van der Waals surface area contributed by atoms with Crippen LogP contribution in [0.1, 0.15) is 11.6 Å². The summed E-state index contributed by atoms with van der Waals surface area (Å²) in [5.41, 5.74) is 5.02. The average molecular weight is 189 g/mol. The van der Waals surface area contributed by atoms with Crippen LogP contribution in [0, 0.1) is 0 Å². The van der Waals surface area contributed by atoms with Gasteiger partial charge in [0.05, 0.1) is 6.04 Å². The summed E-state index contributed by atoms with van der Waals surface area (Å²) in [4.78, 5) is 0. The van der Waals surface area contributed by atoms with Gasteiger partial charge in [0.2, 0.25) is 0 Å². The van der Waals surface area contributed by atoms with Gasteiger partial charge in [-0.15, -0.1) is 0 Å². The molecule has 0 saturated carbocycles. The van der Waals surface area contributed by atoms with Crippen LogP contribution >= 0.6 is 0 Å². The van der Waals surface area contributed by atoms with Crippen LogP contribution in [0.25, 0.3) is 0 Å². The predicted molar refractivity (Wildman–Crippen MR) is 42.7 cm³/mol. The molecule has 0 aliphatic carbocycles. The van der Waals surface area contributed by atoms with Crippen molar-refractivity contribution in [3.63, 3.8) is 0 Å². The van der Waals surface area contributed by atoms with Gasteiger partial charge in [-0.05, 0) is 12.1 Å². The molecule has 5 heteroatoms. The highest BCUT2D eigenvalue weighted by Crippen LogP contribution is 2.29. The molecule has 0 saturated heterocycles.